The zero-order chi connectivity index (χ0) is 30.3. The molecule has 4 rings (SSSR count). The molecule has 11 atom stereocenters. The fourth-order valence-electron chi connectivity index (χ4n) is 3.97. The van der Waals surface area contributed by atoms with Crippen LogP contribution in [0.15, 0.2) is 16.2 Å². The van der Waals surface area contributed by atoms with Crippen LogP contribution >= 0.6 is 15.6 Å². The van der Waals surface area contributed by atoms with E-state index < -0.39 is 89.6 Å². The lowest BCUT2D eigenvalue weighted by Crippen LogP contribution is -2.58. The average molecular weight is 630 g/mol. The van der Waals surface area contributed by atoms with Crippen molar-refractivity contribution >= 4 is 32.8 Å². The molecule has 41 heavy (non-hydrogen) atoms. The molecule has 2 saturated heterocycles. The van der Waals surface area contributed by atoms with E-state index in [9.17, 15) is 49.2 Å². The van der Waals surface area contributed by atoms with Gasteiger partial charge in [0.2, 0.25) is 5.95 Å². The molecule has 228 valence electrons. The van der Waals surface area contributed by atoms with Gasteiger partial charge in [0.15, 0.2) is 23.7 Å². The summed E-state index contributed by atoms with van der Waals surface area (Å²) in [6, 6.07) is 0. The molecule has 0 aromatic carbocycles. The zero-order valence-corrected chi connectivity index (χ0v) is 22.0. The van der Waals surface area contributed by atoms with Crippen LogP contribution in [0, 0.1) is 0 Å². The van der Waals surface area contributed by atoms with Gasteiger partial charge in [-0.15, -0.1) is 0 Å². The molecule has 23 nitrogen and oxygen atoms in total. The maximum absolute atomic E-state index is 12.4. The summed E-state index contributed by atoms with van der Waals surface area (Å²) < 4.78 is 49.5. The van der Waals surface area contributed by atoms with E-state index in [4.69, 9.17) is 20.7 Å². The molecule has 0 radical (unpaired) electrons. The molecule has 2 aromatic heterocycles. The molecule has 0 saturated carbocycles. The van der Waals surface area contributed by atoms with Crippen LogP contribution in [0.2, 0.25) is 0 Å². The molecule has 25 heteroatoms. The summed E-state index contributed by atoms with van der Waals surface area (Å²) in [7, 11) is -11.1. The van der Waals surface area contributed by atoms with Crippen LogP contribution in [-0.4, -0.2) is 117 Å². The predicted molar refractivity (Wildman–Crippen MR) is 127 cm³/mol. The second-order valence-electron chi connectivity index (χ2n) is 8.67. The lowest BCUT2D eigenvalue weighted by Gasteiger charge is -2.39. The van der Waals surface area contributed by atoms with Gasteiger partial charge in [-0.2, -0.15) is 9.29 Å². The molecule has 2 unspecified atom stereocenters. The Hall–Kier alpha value is -2.56. The van der Waals surface area contributed by atoms with Crippen LogP contribution in [0.25, 0.3) is 21.6 Å². The maximum Gasteiger partial charge on any atom is 0.483 e. The number of aromatic nitrogens is 4. The minimum absolute atomic E-state index is 0.120. The van der Waals surface area contributed by atoms with Crippen LogP contribution in [0.4, 0.5) is 5.95 Å². The molecule has 2 aliphatic heterocycles. The lowest BCUT2D eigenvalue weighted by atomic mass is 9.99. The number of phosphoric acid groups is 2. The smallest absolute Gasteiger partial charge is 0.388 e. The third kappa shape index (κ3) is 6.75. The van der Waals surface area contributed by atoms with Crippen LogP contribution in [0.3, 0.4) is 0 Å². The molecule has 2 fully saturated rings. The van der Waals surface area contributed by atoms with Crippen molar-refractivity contribution in [1.82, 2.24) is 19.5 Å². The van der Waals surface area contributed by atoms with Crippen molar-refractivity contribution in [3.05, 3.63) is 27.1 Å². The first kappa shape index (κ1) is 31.4. The number of ether oxygens (including phenoxy) is 2. The fourth-order valence-corrected chi connectivity index (χ4v) is 6.13. The first-order chi connectivity index (χ1) is 19.1. The monoisotopic (exact) mass is 630 g/mol. The van der Waals surface area contributed by atoms with E-state index in [0.29, 0.717) is 0 Å². The van der Waals surface area contributed by atoms with Gasteiger partial charge in [-0.1, -0.05) is 5.11 Å². The van der Waals surface area contributed by atoms with Gasteiger partial charge in [-0.05, 0) is 5.53 Å². The highest BCUT2D eigenvalue weighted by molar-refractivity contribution is 7.61. The number of anilines is 1. The molecule has 0 amide bonds. The third-order valence-electron chi connectivity index (χ3n) is 5.90. The van der Waals surface area contributed by atoms with Crippen LogP contribution in [-0.2, 0) is 32.0 Å². The first-order valence-corrected chi connectivity index (χ1v) is 14.3. The second-order valence-corrected chi connectivity index (χ2v) is 11.7. The Bertz CT molecular complexity index is 1470. The van der Waals surface area contributed by atoms with Crippen LogP contribution < -0.4 is 11.3 Å². The Morgan fingerprint density at radius 3 is 2.44 bits per heavy atom. The van der Waals surface area contributed by atoms with Gasteiger partial charge >= 0.3 is 15.6 Å². The van der Waals surface area contributed by atoms with E-state index in [1.165, 1.54) is 0 Å². The Balaban J connectivity index is 1.39. The van der Waals surface area contributed by atoms with Gasteiger partial charge in [-0.25, -0.2) is 14.1 Å². The van der Waals surface area contributed by atoms with Gasteiger partial charge in [0.25, 0.3) is 5.56 Å². The SMILES string of the molecule is [N-]=[N+]=NC[C@H]1O[C@H](OP(=O)(O)OP(=O)(O)OC[C@H]2O[C@@H](n3cnc4c(=O)[nH]c(N)nc43)[C@H](O)[C@@H]2O)[C@@H](O)[C@@H](O)[C@@H]1O. The van der Waals surface area contributed by atoms with Gasteiger partial charge < -0.3 is 50.5 Å². The van der Waals surface area contributed by atoms with Gasteiger partial charge in [0.05, 0.1) is 25.6 Å². The number of hydrogen-bond acceptors (Lipinski definition) is 17. The van der Waals surface area contributed by atoms with Crippen molar-refractivity contribution < 1.29 is 67.3 Å². The summed E-state index contributed by atoms with van der Waals surface area (Å²) in [6.45, 7) is -1.60. The Morgan fingerprint density at radius 1 is 1.07 bits per heavy atom. The molecule has 4 heterocycles. The molecule has 0 bridgehead atoms. The van der Waals surface area contributed by atoms with Crippen molar-refractivity contribution in [3.8, 4) is 0 Å². The lowest BCUT2D eigenvalue weighted by molar-refractivity contribution is -0.272. The number of aliphatic hydroxyl groups excluding tert-OH is 5. The Morgan fingerprint density at radius 2 is 1.76 bits per heavy atom. The molecular weight excluding hydrogens is 606 g/mol. The number of fused-ring (bicyclic) bond motifs is 1. The standard InChI is InChI=1S/C16H24N8O15P2/c17-16-21-12-6(13(30)22-16)19-3-24(12)14-10(28)8(26)5(36-14)2-35-40(31,32)39-41(33,34)38-15-11(29)9(27)7(25)4(37-15)1-20-23-18/h3-5,7-11,14-15,25-29H,1-2H2,(H,31,32)(H,33,34)(H3,17,21,22,30)/t4-,5-,7-,8-,9+,10-,11+,14-,15-/m1/s1. The molecule has 10 N–H and O–H groups in total. The molecule has 2 aromatic rings. The maximum atomic E-state index is 12.4. The van der Waals surface area contributed by atoms with Crippen molar-refractivity contribution in [2.24, 2.45) is 5.11 Å². The van der Waals surface area contributed by atoms with E-state index in [0.717, 1.165) is 10.9 Å². The fraction of sp³-hybridized carbons (Fsp3) is 0.688. The molecule has 0 spiro atoms. The summed E-state index contributed by atoms with van der Waals surface area (Å²) in [4.78, 5) is 44.2. The van der Waals surface area contributed by atoms with E-state index >= 15 is 0 Å². The summed E-state index contributed by atoms with van der Waals surface area (Å²) in [5.41, 5.74) is 12.9. The number of nitrogens with one attached hydrogen (secondary N) is 1. The number of hydrogen-bond donors (Lipinski definition) is 9. The number of nitrogen functional groups attached to an aromatic ring is 1. The normalized spacial score (nSPS) is 35.0. The van der Waals surface area contributed by atoms with Crippen molar-refractivity contribution in [1.29, 1.82) is 0 Å². The van der Waals surface area contributed by atoms with Gasteiger partial charge in [0, 0.05) is 4.91 Å². The number of nitrogens with zero attached hydrogens (tertiary/aromatic N) is 6. The molecular formula is C16H24N8O15P2. The Labute approximate surface area is 226 Å². The number of rotatable bonds is 10. The average Bonchev–Trinajstić information content (AvgIpc) is 3.42. The topological polar surface area (TPSA) is 360 Å². The Kier molecular flexibility index (Phi) is 9.16. The predicted octanol–water partition coefficient (Wildman–Crippen LogP) is -3.31. The number of H-pyrrole nitrogens is 1. The zero-order valence-electron chi connectivity index (χ0n) is 20.2. The van der Waals surface area contributed by atoms with E-state index in [1.807, 2.05) is 0 Å². The van der Waals surface area contributed by atoms with Crippen molar-refractivity contribution in [2.45, 2.75) is 55.2 Å². The van der Waals surface area contributed by atoms with Crippen LogP contribution in [0.1, 0.15) is 6.23 Å². The highest BCUT2D eigenvalue weighted by Crippen LogP contribution is 2.61. The van der Waals surface area contributed by atoms with Gasteiger partial charge in [0.1, 0.15) is 36.6 Å². The van der Waals surface area contributed by atoms with E-state index in [2.05, 4.69) is 38.3 Å². The molecule has 0 aliphatic carbocycles. The summed E-state index contributed by atoms with van der Waals surface area (Å²) in [6.07, 6.45) is -15.1. The number of azide groups is 1. The highest BCUT2D eigenvalue weighted by atomic mass is 31.3. The van der Waals surface area contributed by atoms with E-state index in [-0.39, 0.29) is 17.1 Å². The van der Waals surface area contributed by atoms with Crippen molar-refractivity contribution in [2.75, 3.05) is 18.9 Å². The minimum Gasteiger partial charge on any atom is -0.388 e. The third-order valence-corrected chi connectivity index (χ3v) is 8.50. The number of phosphoric ester groups is 2. The first-order valence-electron chi connectivity index (χ1n) is 11.3. The summed E-state index contributed by atoms with van der Waals surface area (Å²) in [5.74, 6) is -0.283. The van der Waals surface area contributed by atoms with Crippen molar-refractivity contribution in [3.63, 3.8) is 0 Å². The number of aliphatic hydroxyl groups is 5. The largest absolute Gasteiger partial charge is 0.483 e. The number of aromatic amines is 1. The van der Waals surface area contributed by atoms with Gasteiger partial charge in [-0.3, -0.25) is 23.4 Å². The summed E-state index contributed by atoms with van der Waals surface area (Å²) in [5, 5.41) is 53.7. The van der Waals surface area contributed by atoms with Crippen LogP contribution in [0.5, 0.6) is 0 Å². The summed E-state index contributed by atoms with van der Waals surface area (Å²) >= 11 is 0. The molecule has 2 aliphatic rings. The number of nitrogens with two attached hydrogens (primary N) is 1. The minimum atomic E-state index is -5.63. The highest BCUT2D eigenvalue weighted by Gasteiger charge is 2.49. The quantitative estimate of drug-likeness (QED) is 0.0536. The number of imidazole rings is 1. The second kappa shape index (κ2) is 12.0. The van der Waals surface area contributed by atoms with E-state index in [1.54, 1.807) is 0 Å².